The number of nitrogens with one attached hydrogen (secondary N) is 2. The molecule has 0 bridgehead atoms. The van der Waals surface area contributed by atoms with E-state index in [1.54, 1.807) is 13.2 Å². The van der Waals surface area contributed by atoms with Gasteiger partial charge in [-0.3, -0.25) is 14.6 Å². The number of hydrogen-bond acceptors (Lipinski definition) is 4. The topological polar surface area (TPSA) is 80.3 Å². The van der Waals surface area contributed by atoms with Gasteiger partial charge in [-0.05, 0) is 24.6 Å². The lowest BCUT2D eigenvalue weighted by atomic mass is 10.1. The van der Waals surface area contributed by atoms with Crippen LogP contribution >= 0.6 is 0 Å². The number of nitrogens with zero attached hydrogens (tertiary/aromatic N) is 1. The third kappa shape index (κ3) is 5.17. The van der Waals surface area contributed by atoms with Crippen LogP contribution in [0.4, 0.5) is 0 Å². The zero-order valence-corrected chi connectivity index (χ0v) is 13.8. The van der Waals surface area contributed by atoms with Gasteiger partial charge in [-0.25, -0.2) is 0 Å². The summed E-state index contributed by atoms with van der Waals surface area (Å²) in [5.74, 6) is -0.579. The molecule has 2 amide bonds. The molecule has 0 atom stereocenters. The Kier molecular flexibility index (Phi) is 6.45. The molecule has 1 aromatic carbocycles. The van der Waals surface area contributed by atoms with E-state index in [-0.39, 0.29) is 17.5 Å². The molecule has 6 nitrogen and oxygen atoms in total. The fraction of sp³-hybridized carbons (Fsp3) is 0.278. The van der Waals surface area contributed by atoms with Crippen molar-refractivity contribution in [2.45, 2.75) is 13.5 Å². The molecule has 2 N–H and O–H groups in total. The lowest BCUT2D eigenvalue weighted by Crippen LogP contribution is -2.28. The number of hydrogen-bond donors (Lipinski definition) is 2. The molecule has 0 aliphatic heterocycles. The first-order chi connectivity index (χ1) is 11.6. The van der Waals surface area contributed by atoms with Crippen LogP contribution in [0.3, 0.4) is 0 Å². The Hall–Kier alpha value is -2.73. The Morgan fingerprint density at radius 1 is 1.08 bits per heavy atom. The summed E-state index contributed by atoms with van der Waals surface area (Å²) in [6, 6.07) is 11.0. The number of carbonyl (C=O) groups is 2. The summed E-state index contributed by atoms with van der Waals surface area (Å²) in [7, 11) is 1.56. The number of methoxy groups -OCH3 is 1. The second-order valence-electron chi connectivity index (χ2n) is 5.35. The summed E-state index contributed by atoms with van der Waals surface area (Å²) in [5.41, 5.74) is 2.78. The van der Waals surface area contributed by atoms with Gasteiger partial charge < -0.3 is 15.4 Å². The molecule has 0 unspecified atom stereocenters. The lowest BCUT2D eigenvalue weighted by molar-refractivity contribution is 0.0932. The molecule has 1 aromatic heterocycles. The van der Waals surface area contributed by atoms with Gasteiger partial charge in [-0.2, -0.15) is 0 Å². The van der Waals surface area contributed by atoms with Gasteiger partial charge in [-0.1, -0.05) is 29.8 Å². The SMILES string of the molecule is COCCNC(=O)c1cc(C(=O)NCc2ccc(C)cc2)ccn1. The van der Waals surface area contributed by atoms with Gasteiger partial charge in [-0.15, -0.1) is 0 Å². The Morgan fingerprint density at radius 3 is 2.54 bits per heavy atom. The van der Waals surface area contributed by atoms with E-state index in [0.29, 0.717) is 25.3 Å². The fourth-order valence-electron chi connectivity index (χ4n) is 2.04. The van der Waals surface area contributed by atoms with Crippen LogP contribution in [0.2, 0.25) is 0 Å². The van der Waals surface area contributed by atoms with E-state index in [1.807, 2.05) is 31.2 Å². The molecule has 0 aliphatic carbocycles. The third-order valence-electron chi connectivity index (χ3n) is 3.42. The summed E-state index contributed by atoms with van der Waals surface area (Å²) in [4.78, 5) is 28.2. The second-order valence-corrected chi connectivity index (χ2v) is 5.35. The first kappa shape index (κ1) is 17.6. The van der Waals surface area contributed by atoms with E-state index in [2.05, 4.69) is 15.6 Å². The predicted molar refractivity (Wildman–Crippen MR) is 90.8 cm³/mol. The summed E-state index contributed by atoms with van der Waals surface area (Å²) < 4.78 is 4.87. The van der Waals surface area contributed by atoms with Crippen LogP contribution in [0.1, 0.15) is 32.0 Å². The molecule has 0 spiro atoms. The Bertz CT molecular complexity index is 699. The highest BCUT2D eigenvalue weighted by atomic mass is 16.5. The maximum Gasteiger partial charge on any atom is 0.269 e. The van der Waals surface area contributed by atoms with Gasteiger partial charge >= 0.3 is 0 Å². The third-order valence-corrected chi connectivity index (χ3v) is 3.42. The lowest BCUT2D eigenvalue weighted by Gasteiger charge is -2.07. The van der Waals surface area contributed by atoms with Crippen molar-refractivity contribution in [3.8, 4) is 0 Å². The molecule has 0 aliphatic rings. The van der Waals surface area contributed by atoms with Crippen molar-refractivity contribution in [2.75, 3.05) is 20.3 Å². The van der Waals surface area contributed by atoms with E-state index < -0.39 is 0 Å². The molecule has 2 rings (SSSR count). The number of pyridine rings is 1. The van der Waals surface area contributed by atoms with Gasteiger partial charge in [0.25, 0.3) is 11.8 Å². The van der Waals surface area contributed by atoms with Crippen LogP contribution in [0.15, 0.2) is 42.6 Å². The van der Waals surface area contributed by atoms with Crippen molar-refractivity contribution in [1.82, 2.24) is 15.6 Å². The number of ether oxygens (including phenoxy) is 1. The minimum absolute atomic E-state index is 0.203. The smallest absolute Gasteiger partial charge is 0.269 e. The van der Waals surface area contributed by atoms with Crippen LogP contribution in [-0.4, -0.2) is 37.1 Å². The van der Waals surface area contributed by atoms with Crippen LogP contribution in [-0.2, 0) is 11.3 Å². The van der Waals surface area contributed by atoms with Gasteiger partial charge in [0, 0.05) is 32.0 Å². The summed E-state index contributed by atoms with van der Waals surface area (Å²) in [5, 5.41) is 5.51. The molecular weight excluding hydrogens is 306 g/mol. The van der Waals surface area contributed by atoms with E-state index in [4.69, 9.17) is 4.74 Å². The van der Waals surface area contributed by atoms with E-state index >= 15 is 0 Å². The predicted octanol–water partition coefficient (Wildman–Crippen LogP) is 1.70. The molecule has 0 saturated carbocycles. The molecule has 0 saturated heterocycles. The average molecular weight is 327 g/mol. The number of rotatable bonds is 7. The van der Waals surface area contributed by atoms with Crippen molar-refractivity contribution < 1.29 is 14.3 Å². The summed E-state index contributed by atoms with van der Waals surface area (Å²) in [6.07, 6.45) is 1.45. The molecular formula is C18H21N3O3. The fourth-order valence-corrected chi connectivity index (χ4v) is 2.04. The highest BCUT2D eigenvalue weighted by Gasteiger charge is 2.11. The zero-order chi connectivity index (χ0) is 17.4. The Labute approximate surface area is 141 Å². The number of aryl methyl sites for hydroxylation is 1. The Balaban J connectivity index is 1.95. The number of aromatic nitrogens is 1. The minimum Gasteiger partial charge on any atom is -0.383 e. The average Bonchev–Trinajstić information content (AvgIpc) is 2.61. The van der Waals surface area contributed by atoms with Crippen molar-refractivity contribution in [1.29, 1.82) is 0 Å². The molecule has 0 radical (unpaired) electrons. The number of carbonyl (C=O) groups excluding carboxylic acids is 2. The van der Waals surface area contributed by atoms with Crippen molar-refractivity contribution in [2.24, 2.45) is 0 Å². The van der Waals surface area contributed by atoms with Crippen LogP contribution in [0.25, 0.3) is 0 Å². The van der Waals surface area contributed by atoms with Crippen LogP contribution < -0.4 is 10.6 Å². The van der Waals surface area contributed by atoms with Crippen molar-refractivity contribution >= 4 is 11.8 Å². The molecule has 0 fully saturated rings. The summed E-state index contributed by atoms with van der Waals surface area (Å²) >= 11 is 0. The highest BCUT2D eigenvalue weighted by molar-refractivity contribution is 5.98. The zero-order valence-electron chi connectivity index (χ0n) is 13.8. The van der Waals surface area contributed by atoms with E-state index in [1.165, 1.54) is 17.8 Å². The Morgan fingerprint density at radius 2 is 1.83 bits per heavy atom. The molecule has 126 valence electrons. The van der Waals surface area contributed by atoms with Crippen LogP contribution in [0, 0.1) is 6.92 Å². The largest absolute Gasteiger partial charge is 0.383 e. The van der Waals surface area contributed by atoms with Crippen molar-refractivity contribution in [3.63, 3.8) is 0 Å². The molecule has 1 heterocycles. The maximum absolute atomic E-state index is 12.2. The number of benzene rings is 1. The standard InChI is InChI=1S/C18H21N3O3/c1-13-3-5-14(6-4-13)12-21-17(22)15-7-8-19-16(11-15)18(23)20-9-10-24-2/h3-8,11H,9-10,12H2,1-2H3,(H,20,23)(H,21,22). The normalized spacial score (nSPS) is 10.2. The summed E-state index contributed by atoms with van der Waals surface area (Å²) in [6.45, 7) is 3.25. The van der Waals surface area contributed by atoms with E-state index in [9.17, 15) is 9.59 Å². The van der Waals surface area contributed by atoms with Gasteiger partial charge in [0.15, 0.2) is 0 Å². The molecule has 24 heavy (non-hydrogen) atoms. The van der Waals surface area contributed by atoms with E-state index in [0.717, 1.165) is 5.56 Å². The molecule has 6 heteroatoms. The monoisotopic (exact) mass is 327 g/mol. The maximum atomic E-state index is 12.2. The van der Waals surface area contributed by atoms with Crippen molar-refractivity contribution in [3.05, 3.63) is 65.0 Å². The van der Waals surface area contributed by atoms with Gasteiger partial charge in [0.2, 0.25) is 0 Å². The number of amides is 2. The molecule has 2 aromatic rings. The highest BCUT2D eigenvalue weighted by Crippen LogP contribution is 2.05. The van der Waals surface area contributed by atoms with Gasteiger partial charge in [0.1, 0.15) is 5.69 Å². The minimum atomic E-state index is -0.333. The second kappa shape index (κ2) is 8.79. The van der Waals surface area contributed by atoms with Gasteiger partial charge in [0.05, 0.1) is 6.61 Å². The van der Waals surface area contributed by atoms with Crippen LogP contribution in [0.5, 0.6) is 0 Å². The quantitative estimate of drug-likeness (QED) is 0.759. The first-order valence-electron chi connectivity index (χ1n) is 7.67. The first-order valence-corrected chi connectivity index (χ1v) is 7.67.